The van der Waals surface area contributed by atoms with Gasteiger partial charge < -0.3 is 16.0 Å². The Labute approximate surface area is 176 Å². The van der Waals surface area contributed by atoms with E-state index in [1.54, 1.807) is 22.7 Å². The van der Waals surface area contributed by atoms with Crippen LogP contribution in [0.1, 0.15) is 24.0 Å². The van der Waals surface area contributed by atoms with Crippen LogP contribution in [0.3, 0.4) is 0 Å². The summed E-state index contributed by atoms with van der Waals surface area (Å²) in [4.78, 5) is 27.3. The lowest BCUT2D eigenvalue weighted by Gasteiger charge is -2.12. The van der Waals surface area contributed by atoms with E-state index < -0.39 is 11.8 Å². The Morgan fingerprint density at radius 1 is 1.32 bits per heavy atom. The molecule has 6 N–H and O–H groups in total. The number of benzene rings is 1. The Morgan fingerprint density at radius 3 is 2.84 bits per heavy atom. The van der Waals surface area contributed by atoms with Gasteiger partial charge in [0.05, 0.1) is 17.6 Å². The van der Waals surface area contributed by atoms with Crippen molar-refractivity contribution in [3.8, 4) is 0 Å². The van der Waals surface area contributed by atoms with Gasteiger partial charge in [-0.15, -0.1) is 0 Å². The lowest BCUT2D eigenvalue weighted by molar-refractivity contribution is -0.105. The Balaban J connectivity index is 1.76. The Hall–Kier alpha value is -3.99. The van der Waals surface area contributed by atoms with E-state index in [4.69, 9.17) is 5.84 Å². The molecule has 0 unspecified atom stereocenters. The molecule has 0 atom stereocenters. The molecule has 31 heavy (non-hydrogen) atoms. The van der Waals surface area contributed by atoms with Gasteiger partial charge in [0, 0.05) is 17.7 Å². The summed E-state index contributed by atoms with van der Waals surface area (Å²) < 4.78 is 15.8. The van der Waals surface area contributed by atoms with Crippen LogP contribution in [-0.2, 0) is 4.79 Å². The van der Waals surface area contributed by atoms with Crippen LogP contribution in [0.2, 0.25) is 0 Å². The molecular weight excluding hydrogens is 403 g/mol. The normalized spacial score (nSPS) is 13.7. The van der Waals surface area contributed by atoms with Crippen molar-refractivity contribution in [2.45, 2.75) is 25.8 Å². The van der Waals surface area contributed by atoms with E-state index >= 15 is 0 Å². The van der Waals surface area contributed by atoms with Crippen molar-refractivity contribution in [2.75, 3.05) is 10.6 Å². The quantitative estimate of drug-likeness (QED) is 0.129. The number of rotatable bonds is 7. The summed E-state index contributed by atoms with van der Waals surface area (Å²) in [5.74, 6) is 5.71. The number of aldehydes is 1. The maximum atomic E-state index is 14.3. The van der Waals surface area contributed by atoms with E-state index in [0.717, 1.165) is 18.4 Å². The average molecular weight is 424 g/mol. The number of hydrogen-bond acceptors (Lipinski definition) is 7. The largest absolute Gasteiger partial charge is 0.367 e. The first-order valence-corrected chi connectivity index (χ1v) is 9.60. The minimum atomic E-state index is -0.740. The number of nitrogens with one attached hydrogen (secondary N) is 4. The molecule has 160 valence electrons. The fraction of sp³-hybridized carbons (Fsp3) is 0.200. The monoisotopic (exact) mass is 424 g/mol. The maximum Gasteiger partial charge on any atom is 0.333 e. The fourth-order valence-electron chi connectivity index (χ4n) is 2.99. The van der Waals surface area contributed by atoms with Gasteiger partial charge in [0.2, 0.25) is 0 Å². The zero-order valence-electron chi connectivity index (χ0n) is 16.6. The van der Waals surface area contributed by atoms with E-state index in [9.17, 15) is 14.0 Å². The molecule has 2 aromatic heterocycles. The molecule has 1 aliphatic carbocycles. The van der Waals surface area contributed by atoms with Crippen LogP contribution >= 0.6 is 0 Å². The van der Waals surface area contributed by atoms with E-state index in [0.29, 0.717) is 40.9 Å². The second-order valence-corrected chi connectivity index (χ2v) is 7.20. The Kier molecular flexibility index (Phi) is 5.50. The zero-order chi connectivity index (χ0) is 22.0. The maximum absolute atomic E-state index is 14.3. The predicted octanol–water partition coefficient (Wildman–Crippen LogP) is 2.21. The summed E-state index contributed by atoms with van der Waals surface area (Å²) in [7, 11) is 0. The molecule has 3 aromatic rings. The summed E-state index contributed by atoms with van der Waals surface area (Å²) in [5, 5.41) is 13.0. The third-order valence-corrected chi connectivity index (χ3v) is 4.64. The first-order chi connectivity index (χ1) is 15.0. The van der Waals surface area contributed by atoms with Crippen molar-refractivity contribution >= 4 is 41.4 Å². The van der Waals surface area contributed by atoms with Crippen LogP contribution in [0.25, 0.3) is 11.7 Å². The topological polar surface area (TPSA) is 138 Å². The molecular formula is C20H21FN8O2. The number of amides is 2. The highest BCUT2D eigenvalue weighted by Crippen LogP contribution is 2.29. The smallest absolute Gasteiger partial charge is 0.333 e. The number of urea groups is 1. The molecule has 1 aromatic carbocycles. The molecule has 0 bridgehead atoms. The number of nitrogens with zero attached hydrogens (tertiary/aromatic N) is 3. The molecule has 0 saturated heterocycles. The number of carbonyl (C=O) groups is 2. The van der Waals surface area contributed by atoms with E-state index in [-0.39, 0.29) is 5.70 Å². The van der Waals surface area contributed by atoms with Gasteiger partial charge in [-0.2, -0.15) is 9.61 Å². The van der Waals surface area contributed by atoms with Gasteiger partial charge in [-0.1, -0.05) is 6.07 Å². The number of aromatic nitrogens is 3. The SMILES string of the molecule is Cc1ccc(F)c(Nc2cc(NC3CC3)n3ncc(/C=C(/C=O)NC(=O)NN)c3n2)c1. The number of halogens is 1. The highest BCUT2D eigenvalue weighted by atomic mass is 19.1. The van der Waals surface area contributed by atoms with Gasteiger partial charge in [0.15, 0.2) is 11.9 Å². The van der Waals surface area contributed by atoms with Crippen LogP contribution in [-0.4, -0.2) is 33.0 Å². The number of fused-ring (bicyclic) bond motifs is 1. The van der Waals surface area contributed by atoms with Gasteiger partial charge in [0.1, 0.15) is 17.5 Å². The zero-order valence-corrected chi connectivity index (χ0v) is 16.6. The molecule has 2 amide bonds. The minimum absolute atomic E-state index is 0.0283. The second kappa shape index (κ2) is 8.40. The van der Waals surface area contributed by atoms with Crippen molar-refractivity contribution < 1.29 is 14.0 Å². The van der Waals surface area contributed by atoms with Crippen LogP contribution in [0.4, 0.5) is 26.5 Å². The Bertz CT molecular complexity index is 1190. The van der Waals surface area contributed by atoms with Crippen LogP contribution in [0, 0.1) is 12.7 Å². The first-order valence-electron chi connectivity index (χ1n) is 9.60. The van der Waals surface area contributed by atoms with Gasteiger partial charge in [0.25, 0.3) is 0 Å². The summed E-state index contributed by atoms with van der Waals surface area (Å²) >= 11 is 0. The minimum Gasteiger partial charge on any atom is -0.367 e. The van der Waals surface area contributed by atoms with Crippen molar-refractivity contribution in [2.24, 2.45) is 5.84 Å². The van der Waals surface area contributed by atoms with Gasteiger partial charge in [-0.05, 0) is 43.5 Å². The number of aryl methyl sites for hydroxylation is 1. The Morgan fingerprint density at radius 2 is 2.13 bits per heavy atom. The van der Waals surface area contributed by atoms with Crippen LogP contribution < -0.4 is 27.2 Å². The van der Waals surface area contributed by atoms with Crippen molar-refractivity contribution in [1.29, 1.82) is 0 Å². The third-order valence-electron chi connectivity index (χ3n) is 4.64. The molecule has 0 radical (unpaired) electrons. The van der Waals surface area contributed by atoms with Crippen molar-refractivity contribution in [1.82, 2.24) is 25.3 Å². The predicted molar refractivity (Wildman–Crippen MR) is 114 cm³/mol. The summed E-state index contributed by atoms with van der Waals surface area (Å²) in [5.41, 5.74) is 3.94. The van der Waals surface area contributed by atoms with Crippen molar-refractivity contribution in [3.63, 3.8) is 0 Å². The summed E-state index contributed by atoms with van der Waals surface area (Å²) in [6.45, 7) is 1.87. The first kappa shape index (κ1) is 20.3. The number of nitrogens with two attached hydrogens (primary N) is 1. The molecule has 0 spiro atoms. The molecule has 1 aliphatic rings. The fourth-order valence-corrected chi connectivity index (χ4v) is 2.99. The van der Waals surface area contributed by atoms with E-state index in [1.807, 2.05) is 12.3 Å². The third kappa shape index (κ3) is 4.61. The van der Waals surface area contributed by atoms with E-state index in [2.05, 4.69) is 26.0 Å². The molecule has 1 saturated carbocycles. The number of hydrogen-bond donors (Lipinski definition) is 5. The molecule has 11 heteroatoms. The number of anilines is 3. The number of allylic oxidation sites excluding steroid dienone is 1. The summed E-state index contributed by atoms with van der Waals surface area (Å²) in [6, 6.07) is 6.09. The van der Waals surface area contributed by atoms with E-state index in [1.165, 1.54) is 18.3 Å². The lowest BCUT2D eigenvalue weighted by Crippen LogP contribution is -2.39. The van der Waals surface area contributed by atoms with Gasteiger partial charge in [-0.3, -0.25) is 10.2 Å². The highest BCUT2D eigenvalue weighted by Gasteiger charge is 2.23. The molecule has 2 heterocycles. The average Bonchev–Trinajstić information content (AvgIpc) is 3.48. The van der Waals surface area contributed by atoms with Crippen LogP contribution in [0.15, 0.2) is 36.2 Å². The van der Waals surface area contributed by atoms with Crippen LogP contribution in [0.5, 0.6) is 0 Å². The lowest BCUT2D eigenvalue weighted by atomic mass is 10.2. The standard InChI is InChI=1S/C20H21FN8O2/c1-11-2-5-15(21)16(6-11)26-17-8-18(24-13-3-4-13)29-19(27-17)12(9-23-29)7-14(10-30)25-20(31)28-22/h2,5-10,13,24H,3-4,22H2,1H3,(H,26,27)(H2,25,28,31)/b14-7-. The molecule has 4 rings (SSSR count). The summed E-state index contributed by atoms with van der Waals surface area (Å²) in [6.07, 6.45) is 5.51. The van der Waals surface area contributed by atoms with Gasteiger partial charge in [-0.25, -0.2) is 20.0 Å². The molecule has 0 aliphatic heterocycles. The number of carbonyl (C=O) groups excluding carboxylic acids is 2. The van der Waals surface area contributed by atoms with Gasteiger partial charge >= 0.3 is 6.03 Å². The molecule has 1 fully saturated rings. The second-order valence-electron chi connectivity index (χ2n) is 7.20. The molecule has 10 nitrogen and oxygen atoms in total. The number of hydrazine groups is 1. The highest BCUT2D eigenvalue weighted by molar-refractivity contribution is 5.90. The van der Waals surface area contributed by atoms with Crippen molar-refractivity contribution in [3.05, 3.63) is 53.1 Å².